The van der Waals surface area contributed by atoms with E-state index in [0.29, 0.717) is 43.0 Å². The first-order valence-electron chi connectivity index (χ1n) is 14.4. The van der Waals surface area contributed by atoms with E-state index in [9.17, 15) is 10.1 Å². The van der Waals surface area contributed by atoms with Crippen molar-refractivity contribution in [3.63, 3.8) is 0 Å². The average Bonchev–Trinajstić information content (AvgIpc) is 3.46. The summed E-state index contributed by atoms with van der Waals surface area (Å²) in [6.45, 7) is 1.58. The second-order valence-electron chi connectivity index (χ2n) is 10.8. The van der Waals surface area contributed by atoms with E-state index in [2.05, 4.69) is 47.1 Å². The summed E-state index contributed by atoms with van der Waals surface area (Å²) in [6.07, 6.45) is 11.7. The van der Waals surface area contributed by atoms with Gasteiger partial charge >= 0.3 is 6.03 Å². The van der Waals surface area contributed by atoms with Crippen LogP contribution in [0.15, 0.2) is 61.3 Å². The van der Waals surface area contributed by atoms with E-state index in [-0.39, 0.29) is 24.2 Å². The molecular weight excluding hydrogens is 546 g/mol. The normalized spacial score (nSPS) is 18.2. The van der Waals surface area contributed by atoms with Crippen LogP contribution < -0.4 is 20.9 Å². The Labute approximate surface area is 249 Å². The number of nitrogens with one attached hydrogen (secondary N) is 3. The highest BCUT2D eigenvalue weighted by Gasteiger charge is 2.32. The van der Waals surface area contributed by atoms with Crippen LogP contribution in [0.25, 0.3) is 11.1 Å². The smallest absolute Gasteiger partial charge is 0.324 e. The van der Waals surface area contributed by atoms with Gasteiger partial charge in [0.15, 0.2) is 0 Å². The number of benzene rings is 1. The molecule has 1 aromatic carbocycles. The van der Waals surface area contributed by atoms with E-state index < -0.39 is 0 Å². The third-order valence-corrected chi connectivity index (χ3v) is 7.68. The maximum absolute atomic E-state index is 13.6. The summed E-state index contributed by atoms with van der Waals surface area (Å²) in [7, 11) is 1.86. The molecule has 6 rings (SSSR count). The van der Waals surface area contributed by atoms with Gasteiger partial charge in [-0.25, -0.2) is 19.7 Å². The Hall–Kier alpha value is -5.09. The Bertz CT molecular complexity index is 1570. The van der Waals surface area contributed by atoms with Gasteiger partial charge in [0.2, 0.25) is 11.9 Å². The van der Waals surface area contributed by atoms with Gasteiger partial charge in [-0.2, -0.15) is 15.3 Å². The zero-order valence-corrected chi connectivity index (χ0v) is 23.8. The lowest BCUT2D eigenvalue weighted by Crippen LogP contribution is -2.49. The molecule has 220 valence electrons. The number of amides is 2. The van der Waals surface area contributed by atoms with Gasteiger partial charge < -0.3 is 20.7 Å². The van der Waals surface area contributed by atoms with Crippen LogP contribution in [0.5, 0.6) is 0 Å². The quantitative estimate of drug-likeness (QED) is 0.268. The van der Waals surface area contributed by atoms with Gasteiger partial charge in [0.25, 0.3) is 0 Å². The van der Waals surface area contributed by atoms with Crippen LogP contribution in [0, 0.1) is 11.3 Å². The van der Waals surface area contributed by atoms with Gasteiger partial charge in [-0.3, -0.25) is 9.58 Å². The Morgan fingerprint density at radius 3 is 2.42 bits per heavy atom. The molecule has 1 aliphatic carbocycles. The average molecular weight is 580 g/mol. The number of aryl methyl sites for hydroxylation is 1. The maximum atomic E-state index is 13.6. The van der Waals surface area contributed by atoms with E-state index in [4.69, 9.17) is 4.74 Å². The van der Waals surface area contributed by atoms with Crippen LogP contribution in [0.2, 0.25) is 0 Å². The van der Waals surface area contributed by atoms with Gasteiger partial charge in [0.1, 0.15) is 17.5 Å². The van der Waals surface area contributed by atoms with Crippen LogP contribution >= 0.6 is 0 Å². The molecule has 0 atom stereocenters. The first-order valence-corrected chi connectivity index (χ1v) is 14.4. The number of urea groups is 1. The van der Waals surface area contributed by atoms with Gasteiger partial charge in [0.05, 0.1) is 31.6 Å². The van der Waals surface area contributed by atoms with E-state index in [1.807, 2.05) is 43.6 Å². The van der Waals surface area contributed by atoms with E-state index >= 15 is 0 Å². The molecule has 0 radical (unpaired) electrons. The van der Waals surface area contributed by atoms with Crippen molar-refractivity contribution in [3.05, 3.63) is 72.4 Å². The molecule has 1 aliphatic heterocycles. The lowest BCUT2D eigenvalue weighted by molar-refractivity contribution is 0.0209. The fraction of sp³-hybridized carbons (Fsp3) is 0.367. The van der Waals surface area contributed by atoms with Crippen LogP contribution in [0.4, 0.5) is 22.5 Å². The Morgan fingerprint density at radius 2 is 1.77 bits per heavy atom. The van der Waals surface area contributed by atoms with Crippen molar-refractivity contribution in [2.24, 2.45) is 7.05 Å². The molecule has 13 heteroatoms. The molecule has 2 amide bonds. The Kier molecular flexibility index (Phi) is 8.37. The summed E-state index contributed by atoms with van der Waals surface area (Å²) >= 11 is 0. The van der Waals surface area contributed by atoms with Gasteiger partial charge in [0, 0.05) is 55.4 Å². The molecule has 0 bridgehead atoms. The van der Waals surface area contributed by atoms with Crippen molar-refractivity contribution in [1.82, 2.24) is 35.0 Å². The molecule has 0 spiro atoms. The van der Waals surface area contributed by atoms with Crippen molar-refractivity contribution in [3.8, 4) is 17.2 Å². The summed E-state index contributed by atoms with van der Waals surface area (Å²) in [5.41, 5.74) is 3.14. The van der Waals surface area contributed by atoms with Gasteiger partial charge in [-0.05, 0) is 31.2 Å². The fourth-order valence-corrected chi connectivity index (χ4v) is 5.26. The molecule has 4 aromatic rings. The third-order valence-electron chi connectivity index (χ3n) is 7.68. The largest absolute Gasteiger partial charge is 0.377 e. The number of carbonyl (C=O) groups is 1. The number of anilines is 3. The van der Waals surface area contributed by atoms with Crippen molar-refractivity contribution in [2.45, 2.75) is 50.4 Å². The molecule has 1 saturated heterocycles. The predicted octanol–water partition coefficient (Wildman–Crippen LogP) is 3.49. The molecule has 1 saturated carbocycles. The highest BCUT2D eigenvalue weighted by molar-refractivity contribution is 5.90. The highest BCUT2D eigenvalue weighted by Crippen LogP contribution is 2.29. The number of nitriles is 1. The zero-order valence-electron chi connectivity index (χ0n) is 23.8. The maximum Gasteiger partial charge on any atom is 0.324 e. The molecule has 43 heavy (non-hydrogen) atoms. The van der Waals surface area contributed by atoms with Crippen LogP contribution in [-0.4, -0.2) is 67.1 Å². The minimum absolute atomic E-state index is 0.0872. The monoisotopic (exact) mass is 579 g/mol. The molecule has 0 unspecified atom stereocenters. The van der Waals surface area contributed by atoms with E-state index in [0.717, 1.165) is 42.4 Å². The number of ether oxygens (including phenoxy) is 1. The van der Waals surface area contributed by atoms with Crippen LogP contribution in [0.3, 0.4) is 0 Å². The Balaban J connectivity index is 1.14. The van der Waals surface area contributed by atoms with Gasteiger partial charge in [-0.15, -0.1) is 0 Å². The molecule has 4 heterocycles. The highest BCUT2D eigenvalue weighted by atomic mass is 16.5. The fourth-order valence-electron chi connectivity index (χ4n) is 5.26. The Morgan fingerprint density at radius 1 is 1.00 bits per heavy atom. The summed E-state index contributed by atoms with van der Waals surface area (Å²) < 4.78 is 6.95. The summed E-state index contributed by atoms with van der Waals surface area (Å²) in [5, 5.41) is 23.4. The molecule has 13 nitrogen and oxygen atoms in total. The minimum atomic E-state index is -0.236. The second kappa shape index (κ2) is 12.8. The van der Waals surface area contributed by atoms with Crippen LogP contribution in [0.1, 0.15) is 36.8 Å². The minimum Gasteiger partial charge on any atom is -0.377 e. The van der Waals surface area contributed by atoms with E-state index in [1.165, 1.54) is 6.20 Å². The molecular formula is C30H33N11O2. The number of aromatic nitrogens is 6. The molecule has 2 fully saturated rings. The summed E-state index contributed by atoms with van der Waals surface area (Å²) in [5.74, 6) is 1.34. The van der Waals surface area contributed by atoms with Crippen LogP contribution in [-0.2, 0) is 18.3 Å². The molecule has 2 aliphatic rings. The number of nitrogens with zero attached hydrogens (tertiary/aromatic N) is 8. The molecule has 3 aromatic heterocycles. The lowest BCUT2D eigenvalue weighted by atomic mass is 9.90. The number of hydrogen-bond donors (Lipinski definition) is 3. The lowest BCUT2D eigenvalue weighted by Gasteiger charge is -2.36. The predicted molar refractivity (Wildman–Crippen MR) is 160 cm³/mol. The van der Waals surface area contributed by atoms with E-state index in [1.54, 1.807) is 28.2 Å². The standard InChI is InChI=1S/C30H33N11O2/c1-40-17-23(16-36-40)22-14-33-29(34-15-22)41(30(42)35-12-20-5-3-2-4-6-20)26-9-7-24(8-10-26)38-28-32-13-21(11-31)27(39-28)37-25-18-43-19-25/h2-6,13-17,24-26H,7-10,12,18-19H2,1H3,(H,35,42)(H2,32,37,38,39)/t24-,26-. The van der Waals surface area contributed by atoms with Crippen molar-refractivity contribution < 1.29 is 9.53 Å². The zero-order chi connectivity index (χ0) is 29.6. The third kappa shape index (κ3) is 6.70. The number of hydrogen-bond acceptors (Lipinski definition) is 10. The van der Waals surface area contributed by atoms with Crippen molar-refractivity contribution >= 4 is 23.7 Å². The topological polar surface area (TPSA) is 159 Å². The first kappa shape index (κ1) is 28.0. The number of rotatable bonds is 9. The van der Waals surface area contributed by atoms with Gasteiger partial charge in [-0.1, -0.05) is 30.3 Å². The SMILES string of the molecule is Cn1cc(-c2cnc(N(C(=O)NCc3ccccc3)[C@H]3CC[C@H](Nc4ncc(C#N)c(NC5COC5)n4)CC3)nc2)cn1. The van der Waals surface area contributed by atoms with Crippen molar-refractivity contribution in [2.75, 3.05) is 28.7 Å². The molecule has 3 N–H and O–H groups in total. The number of carbonyl (C=O) groups excluding carboxylic acids is 1. The first-order chi connectivity index (χ1) is 21.1. The second-order valence-corrected chi connectivity index (χ2v) is 10.8. The summed E-state index contributed by atoms with van der Waals surface area (Å²) in [4.78, 5) is 33.4. The van der Waals surface area contributed by atoms with Crippen molar-refractivity contribution in [1.29, 1.82) is 5.26 Å². The summed E-state index contributed by atoms with van der Waals surface area (Å²) in [6, 6.07) is 11.9.